The average molecular weight is 586 g/mol. The molecule has 0 spiro atoms. The summed E-state index contributed by atoms with van der Waals surface area (Å²) in [5, 5.41) is 2.69. The van der Waals surface area contributed by atoms with E-state index in [9.17, 15) is 18.0 Å². The fourth-order valence-corrected chi connectivity index (χ4v) is 6.11. The molecule has 0 heterocycles. The van der Waals surface area contributed by atoms with Crippen LogP contribution in [0.2, 0.25) is 0 Å². The molecule has 2 amide bonds. The minimum absolute atomic E-state index is 0.0357. The zero-order chi connectivity index (χ0) is 30.1. The molecule has 0 unspecified atom stereocenters. The predicted molar refractivity (Wildman–Crippen MR) is 164 cm³/mol. The third-order valence-corrected chi connectivity index (χ3v) is 8.73. The smallest absolute Gasteiger partial charge is 0.264 e. The summed E-state index contributed by atoms with van der Waals surface area (Å²) < 4.78 is 34.8. The summed E-state index contributed by atoms with van der Waals surface area (Å²) in [6, 6.07) is 30.9. The highest BCUT2D eigenvalue weighted by Gasteiger charge is 2.35. The second kappa shape index (κ2) is 13.8. The maximum atomic E-state index is 14.3. The van der Waals surface area contributed by atoms with E-state index in [2.05, 4.69) is 5.32 Å². The van der Waals surface area contributed by atoms with Crippen molar-refractivity contribution in [2.24, 2.45) is 0 Å². The van der Waals surface area contributed by atoms with Gasteiger partial charge in [0.2, 0.25) is 11.8 Å². The molecule has 4 aromatic carbocycles. The van der Waals surface area contributed by atoms with Crippen LogP contribution in [0.3, 0.4) is 0 Å². The maximum absolute atomic E-state index is 14.3. The number of carbonyl (C=O) groups excluding carboxylic acids is 2. The van der Waals surface area contributed by atoms with Crippen LogP contribution >= 0.6 is 0 Å². The first-order valence-corrected chi connectivity index (χ1v) is 15.0. The van der Waals surface area contributed by atoms with Crippen molar-refractivity contribution in [3.63, 3.8) is 0 Å². The van der Waals surface area contributed by atoms with Crippen molar-refractivity contribution < 1.29 is 22.7 Å². The molecule has 0 aliphatic rings. The number of sulfonamides is 1. The van der Waals surface area contributed by atoms with Gasteiger partial charge in [-0.05, 0) is 42.3 Å². The Labute approximate surface area is 247 Å². The topological polar surface area (TPSA) is 96.0 Å². The summed E-state index contributed by atoms with van der Waals surface area (Å²) in [6.07, 6.45) is 0.248. The molecular weight excluding hydrogens is 550 g/mol. The van der Waals surface area contributed by atoms with E-state index in [4.69, 9.17) is 4.74 Å². The lowest BCUT2D eigenvalue weighted by atomic mass is 10.0. The molecule has 0 bridgehead atoms. The fraction of sp³-hybridized carbons (Fsp3) is 0.212. The van der Waals surface area contributed by atoms with E-state index in [-0.39, 0.29) is 29.5 Å². The van der Waals surface area contributed by atoms with Crippen LogP contribution < -0.4 is 14.4 Å². The number of aryl methyl sites for hydroxylation is 1. The van der Waals surface area contributed by atoms with Crippen molar-refractivity contribution in [1.82, 2.24) is 10.2 Å². The molecule has 218 valence electrons. The molecule has 8 nitrogen and oxygen atoms in total. The number of benzene rings is 4. The molecule has 0 aliphatic heterocycles. The number of ether oxygens (including phenoxy) is 1. The largest absolute Gasteiger partial charge is 0.495 e. The monoisotopic (exact) mass is 585 g/mol. The molecule has 0 radical (unpaired) electrons. The van der Waals surface area contributed by atoms with Gasteiger partial charge < -0.3 is 15.0 Å². The summed E-state index contributed by atoms with van der Waals surface area (Å²) in [4.78, 5) is 29.1. The van der Waals surface area contributed by atoms with Crippen molar-refractivity contribution in [2.45, 2.75) is 30.8 Å². The standard InChI is InChI=1S/C33H35N3O5S/c1-25-18-20-28(21-19-25)42(39,40)36(29-16-10-11-17-31(29)41-3)24-32(37)35(23-27-14-8-5-9-15-27)30(33(38)34-2)22-26-12-6-4-7-13-26/h4-21,30H,22-24H2,1-3H3,(H,34,38)/t30-/m1/s1. The SMILES string of the molecule is CNC(=O)[C@@H](Cc1ccccc1)N(Cc1ccccc1)C(=O)CN(c1ccccc1OC)S(=O)(=O)c1ccc(C)cc1. The number of hydrogen-bond acceptors (Lipinski definition) is 5. The number of nitrogens with zero attached hydrogens (tertiary/aromatic N) is 2. The first-order valence-electron chi connectivity index (χ1n) is 13.6. The lowest BCUT2D eigenvalue weighted by Gasteiger charge is -2.33. The molecule has 1 N–H and O–H groups in total. The zero-order valence-corrected chi connectivity index (χ0v) is 24.8. The van der Waals surface area contributed by atoms with Crippen molar-refractivity contribution in [3.05, 3.63) is 126 Å². The first-order chi connectivity index (χ1) is 20.2. The Balaban J connectivity index is 1.80. The number of likely N-dealkylation sites (N-methyl/N-ethyl adjacent to an activating group) is 1. The van der Waals surface area contributed by atoms with Crippen molar-refractivity contribution in [2.75, 3.05) is 25.0 Å². The number of para-hydroxylation sites is 2. The van der Waals surface area contributed by atoms with Crippen molar-refractivity contribution in [1.29, 1.82) is 0 Å². The van der Waals surface area contributed by atoms with E-state index in [1.54, 1.807) is 36.4 Å². The number of amides is 2. The number of methoxy groups -OCH3 is 1. The Morgan fingerprint density at radius 1 is 0.810 bits per heavy atom. The van der Waals surface area contributed by atoms with Crippen LogP contribution in [0.4, 0.5) is 5.69 Å². The summed E-state index contributed by atoms with van der Waals surface area (Å²) in [5.41, 5.74) is 2.79. The van der Waals surface area contributed by atoms with Crippen molar-refractivity contribution in [3.8, 4) is 5.75 Å². The minimum Gasteiger partial charge on any atom is -0.495 e. The van der Waals surface area contributed by atoms with Gasteiger partial charge in [0.1, 0.15) is 18.3 Å². The molecule has 42 heavy (non-hydrogen) atoms. The van der Waals surface area contributed by atoms with Crippen LogP contribution in [0.25, 0.3) is 0 Å². The Hall–Kier alpha value is -4.63. The number of hydrogen-bond donors (Lipinski definition) is 1. The number of anilines is 1. The van der Waals surface area contributed by atoms with E-state index < -0.39 is 28.5 Å². The van der Waals surface area contributed by atoms with E-state index in [1.165, 1.54) is 31.2 Å². The van der Waals surface area contributed by atoms with Crippen LogP contribution in [-0.2, 0) is 32.6 Å². The molecule has 4 rings (SSSR count). The molecule has 4 aromatic rings. The third-order valence-electron chi connectivity index (χ3n) is 6.95. The minimum atomic E-state index is -4.21. The number of carbonyl (C=O) groups is 2. The van der Waals surface area contributed by atoms with E-state index >= 15 is 0 Å². The van der Waals surface area contributed by atoms with Gasteiger partial charge in [-0.15, -0.1) is 0 Å². The fourth-order valence-electron chi connectivity index (χ4n) is 4.69. The summed E-state index contributed by atoms with van der Waals surface area (Å²) in [5.74, 6) is -0.596. The molecule has 9 heteroatoms. The summed E-state index contributed by atoms with van der Waals surface area (Å²) in [6.45, 7) is 1.42. The highest BCUT2D eigenvalue weighted by molar-refractivity contribution is 7.92. The van der Waals surface area contributed by atoms with Gasteiger partial charge in [0.05, 0.1) is 17.7 Å². The van der Waals surface area contributed by atoms with Gasteiger partial charge in [-0.2, -0.15) is 0 Å². The van der Waals surface area contributed by atoms with Gasteiger partial charge in [-0.25, -0.2) is 8.42 Å². The average Bonchev–Trinajstić information content (AvgIpc) is 3.02. The number of nitrogens with one attached hydrogen (secondary N) is 1. The summed E-state index contributed by atoms with van der Waals surface area (Å²) in [7, 11) is -1.24. The van der Waals surface area contributed by atoms with Crippen LogP contribution in [0.1, 0.15) is 16.7 Å². The first kappa shape index (κ1) is 30.3. The van der Waals surface area contributed by atoms with Crippen molar-refractivity contribution >= 4 is 27.5 Å². The molecule has 0 aliphatic carbocycles. The van der Waals surface area contributed by atoms with E-state index in [0.29, 0.717) is 5.75 Å². The van der Waals surface area contributed by atoms with Gasteiger partial charge in [-0.1, -0.05) is 90.5 Å². The quantitative estimate of drug-likeness (QED) is 0.263. The molecule has 0 saturated heterocycles. The zero-order valence-electron chi connectivity index (χ0n) is 23.9. The van der Waals surface area contributed by atoms with Gasteiger partial charge in [0.15, 0.2) is 0 Å². The Morgan fingerprint density at radius 3 is 1.98 bits per heavy atom. The Morgan fingerprint density at radius 2 is 1.38 bits per heavy atom. The van der Waals surface area contributed by atoms with E-state index in [0.717, 1.165) is 21.0 Å². The van der Waals surface area contributed by atoms with Crippen LogP contribution in [0.15, 0.2) is 114 Å². The highest BCUT2D eigenvalue weighted by Crippen LogP contribution is 2.32. The molecule has 0 saturated carbocycles. The lowest BCUT2D eigenvalue weighted by molar-refractivity contribution is -0.139. The summed E-state index contributed by atoms with van der Waals surface area (Å²) >= 11 is 0. The third kappa shape index (κ3) is 7.16. The molecule has 0 fully saturated rings. The van der Waals surface area contributed by atoms with Crippen LogP contribution in [0, 0.1) is 6.92 Å². The van der Waals surface area contributed by atoms with Crippen LogP contribution in [-0.4, -0.2) is 51.9 Å². The number of rotatable bonds is 12. The predicted octanol–water partition coefficient (Wildman–Crippen LogP) is 4.59. The van der Waals surface area contributed by atoms with Gasteiger partial charge in [0, 0.05) is 20.0 Å². The Kier molecular flexibility index (Phi) is 9.98. The van der Waals surface area contributed by atoms with Gasteiger partial charge >= 0.3 is 0 Å². The molecule has 1 atom stereocenters. The maximum Gasteiger partial charge on any atom is 0.264 e. The second-order valence-electron chi connectivity index (χ2n) is 9.82. The lowest BCUT2D eigenvalue weighted by Crippen LogP contribution is -2.53. The van der Waals surface area contributed by atoms with Crippen LogP contribution in [0.5, 0.6) is 5.75 Å². The van der Waals surface area contributed by atoms with Gasteiger partial charge in [-0.3, -0.25) is 13.9 Å². The second-order valence-corrected chi connectivity index (χ2v) is 11.7. The Bertz CT molecular complexity index is 1590. The molecular formula is C33H35N3O5S. The van der Waals surface area contributed by atoms with E-state index in [1.807, 2.05) is 67.6 Å². The highest BCUT2D eigenvalue weighted by atomic mass is 32.2. The van der Waals surface area contributed by atoms with Gasteiger partial charge in [0.25, 0.3) is 10.0 Å². The molecule has 0 aromatic heterocycles. The normalized spacial score (nSPS) is 11.8.